The molecule has 0 unspecified atom stereocenters. The third-order valence-corrected chi connectivity index (χ3v) is 3.65. The number of aromatic nitrogens is 1. The van der Waals surface area contributed by atoms with Crippen molar-refractivity contribution in [3.05, 3.63) is 70.0 Å². The van der Waals surface area contributed by atoms with Gasteiger partial charge in [0.05, 0.1) is 0 Å². The van der Waals surface area contributed by atoms with Gasteiger partial charge in [-0.1, -0.05) is 12.1 Å². The molecule has 0 atom stereocenters. The summed E-state index contributed by atoms with van der Waals surface area (Å²) in [6.45, 7) is 1.91. The third-order valence-electron chi connectivity index (χ3n) is 3.65. The first-order chi connectivity index (χ1) is 9.22. The van der Waals surface area contributed by atoms with Crippen molar-refractivity contribution in [3.63, 3.8) is 0 Å². The van der Waals surface area contributed by atoms with E-state index in [1.54, 1.807) is 6.07 Å². The maximum absolute atomic E-state index is 12.3. The second kappa shape index (κ2) is 3.54. The number of nitrogens with zero attached hydrogens (tertiary/aromatic N) is 1. The maximum atomic E-state index is 12.3. The van der Waals surface area contributed by atoms with Crippen LogP contribution >= 0.6 is 0 Å². The molecule has 3 heteroatoms. The van der Waals surface area contributed by atoms with Crippen molar-refractivity contribution < 1.29 is 4.79 Å². The zero-order chi connectivity index (χ0) is 13.0. The highest BCUT2D eigenvalue weighted by molar-refractivity contribution is 6.08. The van der Waals surface area contributed by atoms with E-state index in [1.807, 2.05) is 31.2 Å². The minimum Gasteiger partial charge on any atom is -0.307 e. The fraction of sp³-hybridized carbons (Fsp3) is 0.125. The molecule has 19 heavy (non-hydrogen) atoms. The summed E-state index contributed by atoms with van der Waals surface area (Å²) in [5.41, 5.74) is 6.73. The Bertz CT molecular complexity index is 748. The van der Waals surface area contributed by atoms with Gasteiger partial charge in [-0.3, -0.25) is 4.79 Å². The predicted molar refractivity (Wildman–Crippen MR) is 73.5 cm³/mol. The molecule has 1 N–H and O–H groups in total. The van der Waals surface area contributed by atoms with E-state index in [2.05, 4.69) is 16.4 Å². The van der Waals surface area contributed by atoms with Gasteiger partial charge >= 0.3 is 0 Å². The van der Waals surface area contributed by atoms with Crippen LogP contribution in [0.2, 0.25) is 0 Å². The number of allylic oxidation sites excluding steroid dienone is 6. The highest BCUT2D eigenvalue weighted by atomic mass is 16.1. The van der Waals surface area contributed by atoms with Crippen LogP contribution in [0.1, 0.15) is 12.1 Å². The summed E-state index contributed by atoms with van der Waals surface area (Å²) in [4.78, 5) is 16.6. The normalized spacial score (nSPS) is 18.5. The molecular weight excluding hydrogens is 236 g/mol. The first-order valence-corrected chi connectivity index (χ1v) is 6.34. The Kier molecular flexibility index (Phi) is 1.96. The second-order valence-electron chi connectivity index (χ2n) is 5.02. The molecule has 1 saturated carbocycles. The average Bonchev–Trinajstić information content (AvgIpc) is 2.86. The zero-order valence-corrected chi connectivity index (χ0v) is 10.5. The summed E-state index contributed by atoms with van der Waals surface area (Å²) in [7, 11) is 0. The Morgan fingerprint density at radius 2 is 2.16 bits per heavy atom. The van der Waals surface area contributed by atoms with Gasteiger partial charge in [-0.25, -0.2) is 4.98 Å². The Hall–Kier alpha value is -2.42. The number of carbonyl (C=O) groups excluding carboxylic acids is 1. The molecule has 92 valence electrons. The van der Waals surface area contributed by atoms with Gasteiger partial charge in [0.2, 0.25) is 0 Å². The molecule has 0 aromatic carbocycles. The van der Waals surface area contributed by atoms with Gasteiger partial charge in [0.1, 0.15) is 5.82 Å². The van der Waals surface area contributed by atoms with Crippen LogP contribution in [0.5, 0.6) is 0 Å². The van der Waals surface area contributed by atoms with Crippen molar-refractivity contribution in [1.29, 1.82) is 0 Å². The Morgan fingerprint density at radius 3 is 3.00 bits per heavy atom. The Labute approximate surface area is 111 Å². The first kappa shape index (κ1) is 10.5. The molecule has 1 amide bonds. The zero-order valence-electron chi connectivity index (χ0n) is 10.5. The molecule has 1 heterocycles. The van der Waals surface area contributed by atoms with Crippen LogP contribution in [0.15, 0.2) is 64.3 Å². The van der Waals surface area contributed by atoms with Crippen LogP contribution in [-0.4, -0.2) is 10.9 Å². The van der Waals surface area contributed by atoms with Crippen molar-refractivity contribution in [1.82, 2.24) is 4.98 Å². The van der Waals surface area contributed by atoms with Crippen LogP contribution in [-0.2, 0) is 4.79 Å². The molecule has 4 rings (SSSR count). The van der Waals surface area contributed by atoms with E-state index in [4.69, 9.17) is 0 Å². The number of hydrogen-bond acceptors (Lipinski definition) is 2. The number of hydrogen-bond donors (Lipinski definition) is 1. The molecule has 0 aliphatic heterocycles. The van der Waals surface area contributed by atoms with Gasteiger partial charge in [-0.05, 0) is 59.9 Å². The molecular formula is C16H12N2O. The van der Waals surface area contributed by atoms with Crippen LogP contribution in [0.4, 0.5) is 5.82 Å². The van der Waals surface area contributed by atoms with Crippen molar-refractivity contribution in [3.8, 4) is 0 Å². The topological polar surface area (TPSA) is 42.0 Å². The largest absolute Gasteiger partial charge is 0.307 e. The Balaban J connectivity index is 1.63. The minimum atomic E-state index is -0.0851. The first-order valence-electron chi connectivity index (χ1n) is 6.34. The lowest BCUT2D eigenvalue weighted by molar-refractivity contribution is -0.112. The monoisotopic (exact) mass is 248 g/mol. The van der Waals surface area contributed by atoms with Crippen LogP contribution in [0.25, 0.3) is 0 Å². The third kappa shape index (κ3) is 1.58. The van der Waals surface area contributed by atoms with E-state index in [-0.39, 0.29) is 5.91 Å². The summed E-state index contributed by atoms with van der Waals surface area (Å²) in [5, 5.41) is 2.86. The van der Waals surface area contributed by atoms with E-state index >= 15 is 0 Å². The maximum Gasteiger partial charge on any atom is 0.257 e. The highest BCUT2D eigenvalue weighted by Crippen LogP contribution is 2.51. The van der Waals surface area contributed by atoms with Crippen LogP contribution in [0, 0.1) is 6.92 Å². The fourth-order valence-electron chi connectivity index (χ4n) is 2.63. The number of amides is 1. The smallest absolute Gasteiger partial charge is 0.257 e. The summed E-state index contributed by atoms with van der Waals surface area (Å²) in [6.07, 6.45) is 7.16. The number of carbonyl (C=O) groups is 1. The van der Waals surface area contributed by atoms with Gasteiger partial charge in [0.25, 0.3) is 5.91 Å². The molecule has 0 spiro atoms. The molecule has 0 bridgehead atoms. The number of anilines is 1. The summed E-state index contributed by atoms with van der Waals surface area (Å²) < 4.78 is 0. The molecule has 3 aliphatic rings. The Morgan fingerprint density at radius 1 is 1.26 bits per heavy atom. The minimum absolute atomic E-state index is 0.0851. The van der Waals surface area contributed by atoms with Crippen LogP contribution < -0.4 is 5.32 Å². The summed E-state index contributed by atoms with van der Waals surface area (Å²) in [6, 6.07) is 5.60. The van der Waals surface area contributed by atoms with E-state index < -0.39 is 0 Å². The summed E-state index contributed by atoms with van der Waals surface area (Å²) in [5.74, 6) is 0.515. The number of rotatable bonds is 2. The highest BCUT2D eigenvalue weighted by Gasteiger charge is 2.35. The lowest BCUT2D eigenvalue weighted by Gasteiger charge is -2.06. The van der Waals surface area contributed by atoms with Crippen molar-refractivity contribution in [2.24, 2.45) is 0 Å². The van der Waals surface area contributed by atoms with Crippen molar-refractivity contribution >= 4 is 11.7 Å². The van der Waals surface area contributed by atoms with E-state index in [0.717, 1.165) is 23.3 Å². The molecule has 1 fully saturated rings. The predicted octanol–water partition coefficient (Wildman–Crippen LogP) is 2.84. The van der Waals surface area contributed by atoms with Gasteiger partial charge in [-0.2, -0.15) is 0 Å². The van der Waals surface area contributed by atoms with Gasteiger partial charge in [0, 0.05) is 11.3 Å². The summed E-state index contributed by atoms with van der Waals surface area (Å²) >= 11 is 0. The van der Waals surface area contributed by atoms with Crippen LogP contribution in [0.3, 0.4) is 0 Å². The van der Waals surface area contributed by atoms with Crippen molar-refractivity contribution in [2.75, 3.05) is 5.32 Å². The van der Waals surface area contributed by atoms with Crippen molar-refractivity contribution in [2.45, 2.75) is 13.3 Å². The SMILES string of the molecule is Cc1cccc(NC(=O)C2=C3C=C4CC4=C3C=C2)n1. The second-order valence-corrected chi connectivity index (χ2v) is 5.02. The van der Waals surface area contributed by atoms with Gasteiger partial charge in [0.15, 0.2) is 0 Å². The standard InChI is InChI=1S/C16H12N2O/c1-9-3-2-4-15(17-9)18-16(19)12-6-5-11-13-7-10(13)8-14(11)12/h2-6,8H,7H2,1H3,(H,17,18,19). The van der Waals surface area contributed by atoms with Gasteiger partial charge in [-0.15, -0.1) is 0 Å². The number of pyridine rings is 1. The molecule has 1 aromatic rings. The number of aryl methyl sites for hydroxylation is 1. The van der Waals surface area contributed by atoms with E-state index in [1.165, 1.54) is 16.7 Å². The molecule has 3 aliphatic carbocycles. The molecule has 1 aromatic heterocycles. The lowest BCUT2D eigenvalue weighted by atomic mass is 10.1. The molecule has 3 nitrogen and oxygen atoms in total. The molecule has 0 radical (unpaired) electrons. The number of nitrogens with one attached hydrogen (secondary N) is 1. The lowest BCUT2D eigenvalue weighted by Crippen LogP contribution is -2.14. The average molecular weight is 248 g/mol. The van der Waals surface area contributed by atoms with E-state index in [0.29, 0.717) is 5.82 Å². The number of fused-ring (bicyclic) bond motifs is 2. The quantitative estimate of drug-likeness (QED) is 0.874. The molecule has 0 saturated heterocycles. The van der Waals surface area contributed by atoms with Gasteiger partial charge < -0.3 is 5.32 Å². The fourth-order valence-corrected chi connectivity index (χ4v) is 2.63. The van der Waals surface area contributed by atoms with E-state index in [9.17, 15) is 4.79 Å².